The molecule has 0 bridgehead atoms. The monoisotopic (exact) mass is 345 g/mol. The predicted molar refractivity (Wildman–Crippen MR) is 94.5 cm³/mol. The van der Waals surface area contributed by atoms with Gasteiger partial charge in [-0.15, -0.1) is 0 Å². The molecule has 0 amide bonds. The molecule has 2 aromatic rings. The summed E-state index contributed by atoms with van der Waals surface area (Å²) in [5, 5.41) is 9.69. The summed E-state index contributed by atoms with van der Waals surface area (Å²) in [6.45, 7) is 0. The summed E-state index contributed by atoms with van der Waals surface area (Å²) in [5.41, 5.74) is 7.66. The Labute approximate surface area is 147 Å². The number of methoxy groups -OCH3 is 3. The van der Waals surface area contributed by atoms with Crippen LogP contribution in [0.4, 0.5) is 0 Å². The van der Waals surface area contributed by atoms with E-state index in [-0.39, 0.29) is 6.42 Å². The van der Waals surface area contributed by atoms with Crippen LogP contribution in [-0.4, -0.2) is 32.4 Å². The molecule has 0 aliphatic rings. The fourth-order valence-electron chi connectivity index (χ4n) is 2.71. The van der Waals surface area contributed by atoms with Gasteiger partial charge in [-0.1, -0.05) is 18.2 Å². The maximum atomic E-state index is 11.8. The standard InChI is InChI=1S/C19H23NO5/c1-23-13-6-4-12(5-7-13)17(20)11-16(19(21)22)15-9-8-14(24-2)10-18(15)25-3/h4-10,16-17H,11,20H2,1-3H3,(H,21,22). The molecule has 3 N–H and O–H groups in total. The van der Waals surface area contributed by atoms with E-state index in [4.69, 9.17) is 19.9 Å². The van der Waals surface area contributed by atoms with Crippen molar-refractivity contribution in [3.05, 3.63) is 53.6 Å². The minimum absolute atomic E-state index is 0.240. The molecule has 0 heterocycles. The Morgan fingerprint density at radius 3 is 2.12 bits per heavy atom. The average Bonchev–Trinajstić information content (AvgIpc) is 2.65. The number of hydrogen-bond acceptors (Lipinski definition) is 5. The quantitative estimate of drug-likeness (QED) is 0.764. The van der Waals surface area contributed by atoms with E-state index in [1.807, 2.05) is 12.1 Å². The van der Waals surface area contributed by atoms with Crippen molar-refractivity contribution in [2.75, 3.05) is 21.3 Å². The van der Waals surface area contributed by atoms with Gasteiger partial charge in [0.05, 0.1) is 27.2 Å². The molecule has 25 heavy (non-hydrogen) atoms. The van der Waals surface area contributed by atoms with Crippen LogP contribution in [0.5, 0.6) is 17.2 Å². The first-order valence-electron chi connectivity index (χ1n) is 7.84. The van der Waals surface area contributed by atoms with Crippen LogP contribution < -0.4 is 19.9 Å². The molecular formula is C19H23NO5. The highest BCUT2D eigenvalue weighted by atomic mass is 16.5. The Hall–Kier alpha value is -2.73. The minimum Gasteiger partial charge on any atom is -0.497 e. The lowest BCUT2D eigenvalue weighted by atomic mass is 9.89. The second kappa shape index (κ2) is 8.39. The lowest BCUT2D eigenvalue weighted by Crippen LogP contribution is -2.20. The Balaban J connectivity index is 2.27. The zero-order chi connectivity index (χ0) is 18.4. The number of benzene rings is 2. The molecule has 0 aliphatic heterocycles. The molecule has 2 atom stereocenters. The van der Waals surface area contributed by atoms with Gasteiger partial charge in [0, 0.05) is 17.7 Å². The molecule has 134 valence electrons. The SMILES string of the molecule is COc1ccc(C(N)CC(C(=O)O)c2ccc(OC)cc2OC)cc1. The van der Waals surface area contributed by atoms with E-state index < -0.39 is 17.9 Å². The van der Waals surface area contributed by atoms with Gasteiger partial charge < -0.3 is 25.1 Å². The number of carbonyl (C=O) groups is 1. The fraction of sp³-hybridized carbons (Fsp3) is 0.316. The van der Waals surface area contributed by atoms with Crippen LogP contribution in [0.1, 0.15) is 29.5 Å². The lowest BCUT2D eigenvalue weighted by molar-refractivity contribution is -0.139. The van der Waals surface area contributed by atoms with E-state index in [0.717, 1.165) is 11.3 Å². The van der Waals surface area contributed by atoms with Gasteiger partial charge in [-0.05, 0) is 30.2 Å². The van der Waals surface area contributed by atoms with Crippen LogP contribution in [0, 0.1) is 0 Å². The summed E-state index contributed by atoms with van der Waals surface area (Å²) in [5.74, 6) is 0.0471. The van der Waals surface area contributed by atoms with E-state index >= 15 is 0 Å². The van der Waals surface area contributed by atoms with E-state index in [1.54, 1.807) is 44.6 Å². The molecule has 0 aliphatic carbocycles. The Morgan fingerprint density at radius 1 is 1.00 bits per heavy atom. The molecule has 0 saturated heterocycles. The Morgan fingerprint density at radius 2 is 1.60 bits per heavy atom. The van der Waals surface area contributed by atoms with Crippen molar-refractivity contribution < 1.29 is 24.1 Å². The van der Waals surface area contributed by atoms with Crippen molar-refractivity contribution in [3.63, 3.8) is 0 Å². The summed E-state index contributed by atoms with van der Waals surface area (Å²) >= 11 is 0. The number of ether oxygens (including phenoxy) is 3. The fourth-order valence-corrected chi connectivity index (χ4v) is 2.71. The highest BCUT2D eigenvalue weighted by Crippen LogP contribution is 2.35. The topological polar surface area (TPSA) is 91.0 Å². The Bertz CT molecular complexity index is 714. The maximum Gasteiger partial charge on any atom is 0.311 e. The van der Waals surface area contributed by atoms with Crippen molar-refractivity contribution in [1.29, 1.82) is 0 Å². The van der Waals surface area contributed by atoms with E-state index in [2.05, 4.69) is 0 Å². The van der Waals surface area contributed by atoms with Crippen LogP contribution in [-0.2, 0) is 4.79 Å². The van der Waals surface area contributed by atoms with Crippen molar-refractivity contribution in [1.82, 2.24) is 0 Å². The largest absolute Gasteiger partial charge is 0.497 e. The van der Waals surface area contributed by atoms with Crippen LogP contribution in [0.3, 0.4) is 0 Å². The number of nitrogens with two attached hydrogens (primary N) is 1. The Kier molecular flexibility index (Phi) is 6.25. The van der Waals surface area contributed by atoms with Crippen molar-refractivity contribution in [3.8, 4) is 17.2 Å². The van der Waals surface area contributed by atoms with Crippen molar-refractivity contribution >= 4 is 5.97 Å². The van der Waals surface area contributed by atoms with Crippen LogP contribution in [0.25, 0.3) is 0 Å². The van der Waals surface area contributed by atoms with E-state index in [0.29, 0.717) is 17.1 Å². The van der Waals surface area contributed by atoms with Gasteiger partial charge in [-0.2, -0.15) is 0 Å². The summed E-state index contributed by atoms with van der Waals surface area (Å²) < 4.78 is 15.6. The number of carboxylic acids is 1. The molecule has 0 saturated carbocycles. The van der Waals surface area contributed by atoms with Crippen LogP contribution >= 0.6 is 0 Å². The number of carboxylic acid groups (broad SMARTS) is 1. The number of aliphatic carboxylic acids is 1. The van der Waals surface area contributed by atoms with Gasteiger partial charge in [0.25, 0.3) is 0 Å². The molecular weight excluding hydrogens is 322 g/mol. The molecule has 6 heteroatoms. The zero-order valence-electron chi connectivity index (χ0n) is 14.6. The second-order valence-corrected chi connectivity index (χ2v) is 5.61. The summed E-state index contributed by atoms with van der Waals surface area (Å²) in [6.07, 6.45) is 0.240. The van der Waals surface area contributed by atoms with Gasteiger partial charge in [0.2, 0.25) is 0 Å². The average molecular weight is 345 g/mol. The first-order valence-corrected chi connectivity index (χ1v) is 7.84. The van der Waals surface area contributed by atoms with Gasteiger partial charge in [0.15, 0.2) is 0 Å². The van der Waals surface area contributed by atoms with Crippen molar-refractivity contribution in [2.45, 2.75) is 18.4 Å². The van der Waals surface area contributed by atoms with Gasteiger partial charge in [0.1, 0.15) is 17.2 Å². The molecule has 0 spiro atoms. The van der Waals surface area contributed by atoms with Gasteiger partial charge in [-0.3, -0.25) is 4.79 Å². The normalized spacial score (nSPS) is 13.0. The zero-order valence-corrected chi connectivity index (χ0v) is 14.6. The highest BCUT2D eigenvalue weighted by molar-refractivity contribution is 5.77. The summed E-state index contributed by atoms with van der Waals surface area (Å²) in [4.78, 5) is 11.8. The van der Waals surface area contributed by atoms with E-state index in [1.165, 1.54) is 7.11 Å². The minimum atomic E-state index is -0.951. The second-order valence-electron chi connectivity index (χ2n) is 5.61. The molecule has 2 aromatic carbocycles. The van der Waals surface area contributed by atoms with E-state index in [9.17, 15) is 9.90 Å². The maximum absolute atomic E-state index is 11.8. The number of rotatable bonds is 8. The smallest absolute Gasteiger partial charge is 0.311 e. The predicted octanol–water partition coefficient (Wildman–Crippen LogP) is 2.97. The third kappa shape index (κ3) is 4.42. The van der Waals surface area contributed by atoms with Gasteiger partial charge >= 0.3 is 5.97 Å². The molecule has 6 nitrogen and oxygen atoms in total. The van der Waals surface area contributed by atoms with Gasteiger partial charge in [-0.25, -0.2) is 0 Å². The van der Waals surface area contributed by atoms with Crippen molar-refractivity contribution in [2.24, 2.45) is 5.73 Å². The van der Waals surface area contributed by atoms with Crippen LogP contribution in [0.2, 0.25) is 0 Å². The van der Waals surface area contributed by atoms with Crippen LogP contribution in [0.15, 0.2) is 42.5 Å². The molecule has 0 fully saturated rings. The first-order chi connectivity index (χ1) is 12.0. The third-order valence-corrected chi connectivity index (χ3v) is 4.15. The third-order valence-electron chi connectivity index (χ3n) is 4.15. The molecule has 2 rings (SSSR count). The highest BCUT2D eigenvalue weighted by Gasteiger charge is 2.26. The number of hydrogen-bond donors (Lipinski definition) is 2. The first kappa shape index (κ1) is 18.6. The molecule has 0 radical (unpaired) electrons. The summed E-state index contributed by atoms with van der Waals surface area (Å²) in [7, 11) is 4.63. The lowest BCUT2D eigenvalue weighted by Gasteiger charge is -2.21. The molecule has 0 aromatic heterocycles. The molecule has 2 unspecified atom stereocenters. The summed E-state index contributed by atoms with van der Waals surface area (Å²) in [6, 6.07) is 12.0.